The number of hydrogen-bond donors (Lipinski definition) is 7. The van der Waals surface area contributed by atoms with Gasteiger partial charge in [-0.05, 0) is 38.3 Å². The SMILES string of the molecule is N[C@@H](CCCCNC(CC(=O)c1c[nH]c2ccccc12)C(=O)O)C(=O)N1CCC[C@H]1C(=O)O.O=C(O)C(F)(F)F.O=C(O)C(F)(F)F. The zero-order valence-corrected chi connectivity index (χ0v) is 24.3. The molecule has 1 unspecified atom stereocenters. The average Bonchev–Trinajstić information content (AvgIpc) is 3.63. The Bertz CT molecular complexity index is 1390. The molecule has 3 rings (SSSR count). The molecule has 0 radical (unpaired) electrons. The Morgan fingerprint density at radius 3 is 2.00 bits per heavy atom. The first-order valence-electron chi connectivity index (χ1n) is 13.6. The van der Waals surface area contributed by atoms with Gasteiger partial charge < -0.3 is 41.4 Å². The van der Waals surface area contributed by atoms with Crippen LogP contribution in [-0.4, -0.2) is 109 Å². The Hall–Kier alpha value is -4.72. The number of aromatic nitrogens is 1. The van der Waals surface area contributed by atoms with Crippen molar-refractivity contribution in [2.45, 2.75) is 69.0 Å². The lowest BCUT2D eigenvalue weighted by Gasteiger charge is -2.24. The topological polar surface area (TPSA) is 240 Å². The zero-order chi connectivity index (χ0) is 36.1. The molecule has 0 saturated carbocycles. The van der Waals surface area contributed by atoms with Crippen LogP contribution in [0.25, 0.3) is 10.9 Å². The van der Waals surface area contributed by atoms with E-state index in [2.05, 4.69) is 10.3 Å². The lowest BCUT2D eigenvalue weighted by molar-refractivity contribution is -0.193. The number of aromatic amines is 1. The normalized spacial score (nSPS) is 15.8. The maximum Gasteiger partial charge on any atom is 0.490 e. The summed E-state index contributed by atoms with van der Waals surface area (Å²) in [4.78, 5) is 70.1. The number of ketones is 1. The van der Waals surface area contributed by atoms with Crippen LogP contribution in [0.2, 0.25) is 0 Å². The number of benzene rings is 1. The van der Waals surface area contributed by atoms with Crippen LogP contribution < -0.4 is 11.1 Å². The fourth-order valence-corrected chi connectivity index (χ4v) is 4.23. The minimum Gasteiger partial charge on any atom is -0.480 e. The van der Waals surface area contributed by atoms with Crippen LogP contribution in [-0.2, 0) is 24.0 Å². The molecule has 1 aliphatic heterocycles. The Balaban J connectivity index is 0.000000658. The Morgan fingerprint density at radius 1 is 0.936 bits per heavy atom. The van der Waals surface area contributed by atoms with Crippen LogP contribution in [0.4, 0.5) is 26.3 Å². The van der Waals surface area contributed by atoms with Gasteiger partial charge in [-0.25, -0.2) is 14.4 Å². The van der Waals surface area contributed by atoms with Gasteiger partial charge >= 0.3 is 36.2 Å². The number of hydrogen-bond acceptors (Lipinski definition) is 8. The molecule has 3 atom stereocenters. The fraction of sp³-hybridized carbons (Fsp3) is 0.481. The van der Waals surface area contributed by atoms with Crippen molar-refractivity contribution in [2.75, 3.05) is 13.1 Å². The predicted molar refractivity (Wildman–Crippen MR) is 148 cm³/mol. The van der Waals surface area contributed by atoms with Crippen molar-refractivity contribution in [3.05, 3.63) is 36.0 Å². The van der Waals surface area contributed by atoms with Crippen LogP contribution >= 0.6 is 0 Å². The van der Waals surface area contributed by atoms with Crippen molar-refractivity contribution in [2.24, 2.45) is 5.73 Å². The molecule has 47 heavy (non-hydrogen) atoms. The first-order chi connectivity index (χ1) is 21.7. The van der Waals surface area contributed by atoms with E-state index in [0.717, 1.165) is 10.9 Å². The number of fused-ring (bicyclic) bond motifs is 1. The van der Waals surface area contributed by atoms with E-state index in [9.17, 15) is 55.7 Å². The summed E-state index contributed by atoms with van der Waals surface area (Å²) in [5.74, 6) is -8.26. The number of alkyl halides is 6. The van der Waals surface area contributed by atoms with Gasteiger partial charge in [0.15, 0.2) is 5.78 Å². The van der Waals surface area contributed by atoms with Crippen LogP contribution in [0.3, 0.4) is 0 Å². The number of carbonyl (C=O) groups is 6. The van der Waals surface area contributed by atoms with Crippen molar-refractivity contribution >= 4 is 46.5 Å². The zero-order valence-electron chi connectivity index (χ0n) is 24.3. The highest BCUT2D eigenvalue weighted by molar-refractivity contribution is 6.09. The minimum absolute atomic E-state index is 0.180. The van der Waals surface area contributed by atoms with Gasteiger partial charge in [0, 0.05) is 35.6 Å². The molecular formula is C27H32F6N4O10. The van der Waals surface area contributed by atoms with Gasteiger partial charge in [-0.2, -0.15) is 26.3 Å². The van der Waals surface area contributed by atoms with Crippen molar-refractivity contribution in [1.29, 1.82) is 0 Å². The van der Waals surface area contributed by atoms with Crippen LogP contribution in [0.5, 0.6) is 0 Å². The number of nitrogens with one attached hydrogen (secondary N) is 2. The van der Waals surface area contributed by atoms with Crippen molar-refractivity contribution in [1.82, 2.24) is 15.2 Å². The lowest BCUT2D eigenvalue weighted by atomic mass is 10.0. The number of para-hydroxylation sites is 1. The number of halogens is 6. The summed E-state index contributed by atoms with van der Waals surface area (Å²) in [6.45, 7) is 0.746. The fourth-order valence-electron chi connectivity index (χ4n) is 4.23. The number of carbonyl (C=O) groups excluding carboxylic acids is 2. The van der Waals surface area contributed by atoms with Gasteiger partial charge in [0.1, 0.15) is 12.1 Å². The van der Waals surface area contributed by atoms with Crippen LogP contribution in [0.1, 0.15) is 48.9 Å². The quantitative estimate of drug-likeness (QED) is 0.0969. The van der Waals surface area contributed by atoms with E-state index in [1.54, 1.807) is 6.20 Å². The molecule has 14 nitrogen and oxygen atoms in total. The van der Waals surface area contributed by atoms with Crippen molar-refractivity contribution in [3.63, 3.8) is 0 Å². The third-order valence-electron chi connectivity index (χ3n) is 6.53. The number of rotatable bonds is 12. The summed E-state index contributed by atoms with van der Waals surface area (Å²) in [7, 11) is 0. The molecule has 0 aliphatic carbocycles. The number of carboxylic acid groups (broad SMARTS) is 4. The predicted octanol–water partition coefficient (Wildman–Crippen LogP) is 2.62. The molecule has 1 aromatic carbocycles. The maximum absolute atomic E-state index is 12.7. The standard InChI is InChI=1S/C23H30N4O6.2C2HF3O2/c24-16(21(29)27-11-5-9-19(27)23(32)33)7-3-4-10-25-18(22(30)31)12-20(28)15-13-26-17-8-2-1-6-14(15)17;2*3-2(4,5)1(6)7/h1-2,6,8,13,16,18-19,25-26H,3-5,7,9-12,24H2,(H,30,31)(H,32,33);2*(H,6,7)/t16-,18?,19-;;/m0../s1. The molecule has 0 bridgehead atoms. The van der Waals surface area contributed by atoms with E-state index in [-0.39, 0.29) is 18.1 Å². The summed E-state index contributed by atoms with van der Waals surface area (Å²) in [6, 6.07) is 4.71. The molecule has 1 saturated heterocycles. The third kappa shape index (κ3) is 13.3. The van der Waals surface area contributed by atoms with Gasteiger partial charge in [0.2, 0.25) is 5.91 Å². The molecule has 1 aromatic heterocycles. The molecular weight excluding hydrogens is 654 g/mol. The first kappa shape index (κ1) is 40.3. The third-order valence-corrected chi connectivity index (χ3v) is 6.53. The molecule has 2 heterocycles. The summed E-state index contributed by atoms with van der Waals surface area (Å²) >= 11 is 0. The maximum atomic E-state index is 12.7. The Labute approximate surface area is 261 Å². The molecule has 20 heteroatoms. The van der Waals surface area contributed by atoms with Gasteiger partial charge in [-0.3, -0.25) is 14.4 Å². The van der Waals surface area contributed by atoms with E-state index >= 15 is 0 Å². The van der Waals surface area contributed by atoms with Crippen LogP contribution in [0, 0.1) is 0 Å². The van der Waals surface area contributed by atoms with Crippen molar-refractivity contribution < 1.29 is 75.5 Å². The molecule has 8 N–H and O–H groups in total. The van der Waals surface area contributed by atoms with E-state index in [1.165, 1.54) is 4.90 Å². The summed E-state index contributed by atoms with van der Waals surface area (Å²) < 4.78 is 63.5. The molecule has 262 valence electrons. The highest BCUT2D eigenvalue weighted by Gasteiger charge is 2.39. The number of nitrogens with zero attached hydrogens (tertiary/aromatic N) is 1. The Kier molecular flexibility index (Phi) is 15.3. The highest BCUT2D eigenvalue weighted by Crippen LogP contribution is 2.21. The smallest absolute Gasteiger partial charge is 0.480 e. The number of Topliss-reactive ketones (excluding diaryl/α,β-unsaturated/α-hetero) is 1. The minimum atomic E-state index is -5.08. The number of aliphatic carboxylic acids is 4. The summed E-state index contributed by atoms with van der Waals surface area (Å²) in [6.07, 6.45) is -6.17. The molecule has 1 fully saturated rings. The number of nitrogens with two attached hydrogens (primary N) is 1. The molecule has 1 amide bonds. The highest BCUT2D eigenvalue weighted by atomic mass is 19.4. The monoisotopic (exact) mass is 686 g/mol. The second-order valence-corrected chi connectivity index (χ2v) is 9.96. The van der Waals surface area contributed by atoms with E-state index in [4.69, 9.17) is 25.5 Å². The molecule has 0 spiro atoms. The second kappa shape index (κ2) is 17.8. The molecule has 1 aliphatic rings. The van der Waals surface area contributed by atoms with Gasteiger partial charge in [0.05, 0.1) is 6.04 Å². The Morgan fingerprint density at radius 2 is 1.49 bits per heavy atom. The summed E-state index contributed by atoms with van der Waals surface area (Å²) in [5, 5.41) is 36.6. The number of amides is 1. The molecule has 2 aromatic rings. The number of unbranched alkanes of at least 4 members (excludes halogenated alkanes) is 1. The van der Waals surface area contributed by atoms with Gasteiger partial charge in [-0.1, -0.05) is 24.6 Å². The lowest BCUT2D eigenvalue weighted by Crippen LogP contribution is -2.48. The average molecular weight is 687 g/mol. The number of H-pyrrole nitrogens is 1. The van der Waals surface area contributed by atoms with Gasteiger partial charge in [0.25, 0.3) is 0 Å². The van der Waals surface area contributed by atoms with Crippen LogP contribution in [0.15, 0.2) is 30.5 Å². The largest absolute Gasteiger partial charge is 0.490 e. The number of carboxylic acids is 4. The summed E-state index contributed by atoms with van der Waals surface area (Å²) in [5.41, 5.74) is 7.25. The van der Waals surface area contributed by atoms with E-state index in [1.807, 2.05) is 24.3 Å². The van der Waals surface area contributed by atoms with Crippen molar-refractivity contribution in [3.8, 4) is 0 Å². The number of likely N-dealkylation sites (tertiary alicyclic amines) is 1. The van der Waals surface area contributed by atoms with Gasteiger partial charge in [-0.15, -0.1) is 0 Å². The first-order valence-corrected chi connectivity index (χ1v) is 13.6. The van der Waals surface area contributed by atoms with E-state index < -0.39 is 54.4 Å². The van der Waals surface area contributed by atoms with E-state index in [0.29, 0.717) is 50.8 Å². The second-order valence-electron chi connectivity index (χ2n) is 9.96.